The van der Waals surface area contributed by atoms with Crippen LogP contribution in [0.4, 0.5) is 0 Å². The lowest BCUT2D eigenvalue weighted by Crippen LogP contribution is -2.12. The van der Waals surface area contributed by atoms with Crippen LogP contribution in [0.25, 0.3) is 6.08 Å². The summed E-state index contributed by atoms with van der Waals surface area (Å²) in [5.74, 6) is 0.163. The molecule has 0 aliphatic carbocycles. The number of hydrogen-bond acceptors (Lipinski definition) is 4. The second-order valence-electron chi connectivity index (χ2n) is 5.29. The fourth-order valence-corrected chi connectivity index (χ4v) is 2.66. The topological polar surface area (TPSA) is 65.7 Å². The molecule has 1 aromatic carbocycles. The van der Waals surface area contributed by atoms with Gasteiger partial charge in [-0.2, -0.15) is 0 Å². The zero-order chi connectivity index (χ0) is 15.4. The lowest BCUT2D eigenvalue weighted by Gasteiger charge is -2.17. The van der Waals surface area contributed by atoms with Crippen molar-refractivity contribution in [2.24, 2.45) is 4.99 Å². The lowest BCUT2D eigenvalue weighted by atomic mass is 9.93. The largest absolute Gasteiger partial charge is 0.508 e. The molecule has 0 radical (unpaired) electrons. The van der Waals surface area contributed by atoms with Crippen molar-refractivity contribution in [3.05, 3.63) is 65.0 Å². The molecule has 0 unspecified atom stereocenters. The number of aliphatic hydroxyl groups excluding tert-OH is 1. The standard InChI is InChI=1S/C18H18N2O2/c21-12-16-10-17(22)6-5-13(16)9-14-3-2-8-20-18(14)15-4-1-7-19-11-15/h1,4-7,9-11,21-22H,2-3,8,12H2/b14-9+. The summed E-state index contributed by atoms with van der Waals surface area (Å²) in [5.41, 5.74) is 4.74. The van der Waals surface area contributed by atoms with E-state index >= 15 is 0 Å². The molecule has 2 N–H and O–H groups in total. The first-order valence-corrected chi connectivity index (χ1v) is 7.36. The Morgan fingerprint density at radius 3 is 2.91 bits per heavy atom. The number of benzene rings is 1. The van der Waals surface area contributed by atoms with Crippen LogP contribution in [-0.2, 0) is 6.61 Å². The number of aliphatic hydroxyl groups is 1. The number of allylic oxidation sites excluding steroid dienone is 1. The van der Waals surface area contributed by atoms with Gasteiger partial charge >= 0.3 is 0 Å². The van der Waals surface area contributed by atoms with Crippen LogP contribution in [0.3, 0.4) is 0 Å². The van der Waals surface area contributed by atoms with Crippen molar-refractivity contribution in [3.63, 3.8) is 0 Å². The zero-order valence-corrected chi connectivity index (χ0v) is 12.2. The van der Waals surface area contributed by atoms with Gasteiger partial charge in [0.15, 0.2) is 0 Å². The van der Waals surface area contributed by atoms with Gasteiger partial charge in [0.05, 0.1) is 12.3 Å². The Kier molecular flexibility index (Phi) is 4.30. The molecule has 0 bridgehead atoms. The molecular formula is C18H18N2O2. The molecule has 112 valence electrons. The quantitative estimate of drug-likeness (QED) is 0.914. The number of aliphatic imine (C=N–C) groups is 1. The van der Waals surface area contributed by atoms with Crippen LogP contribution < -0.4 is 0 Å². The minimum Gasteiger partial charge on any atom is -0.508 e. The van der Waals surface area contributed by atoms with Gasteiger partial charge in [0.1, 0.15) is 5.75 Å². The monoisotopic (exact) mass is 294 g/mol. The number of phenolic OH excluding ortho intramolecular Hbond substituents is 1. The second kappa shape index (κ2) is 6.54. The molecule has 2 heterocycles. The molecule has 0 amide bonds. The van der Waals surface area contributed by atoms with Gasteiger partial charge in [0, 0.05) is 24.5 Å². The zero-order valence-electron chi connectivity index (χ0n) is 12.2. The van der Waals surface area contributed by atoms with Gasteiger partial charge in [-0.3, -0.25) is 9.98 Å². The fourth-order valence-electron chi connectivity index (χ4n) is 2.66. The van der Waals surface area contributed by atoms with Gasteiger partial charge in [-0.15, -0.1) is 0 Å². The predicted octanol–water partition coefficient (Wildman–Crippen LogP) is 2.95. The number of nitrogens with zero attached hydrogens (tertiary/aromatic N) is 2. The summed E-state index contributed by atoms with van der Waals surface area (Å²) < 4.78 is 0. The Morgan fingerprint density at radius 2 is 2.14 bits per heavy atom. The van der Waals surface area contributed by atoms with E-state index in [0.717, 1.165) is 41.8 Å². The summed E-state index contributed by atoms with van der Waals surface area (Å²) in [6.45, 7) is 0.719. The first kappa shape index (κ1) is 14.5. The van der Waals surface area contributed by atoms with E-state index in [1.54, 1.807) is 18.3 Å². The first-order chi connectivity index (χ1) is 10.8. The molecule has 4 nitrogen and oxygen atoms in total. The Bertz CT molecular complexity index is 721. The highest BCUT2D eigenvalue weighted by molar-refractivity contribution is 6.15. The third kappa shape index (κ3) is 3.07. The van der Waals surface area contributed by atoms with Gasteiger partial charge < -0.3 is 10.2 Å². The van der Waals surface area contributed by atoms with Crippen LogP contribution in [0.5, 0.6) is 5.75 Å². The molecule has 0 saturated carbocycles. The van der Waals surface area contributed by atoms with Crippen LogP contribution in [-0.4, -0.2) is 27.5 Å². The van der Waals surface area contributed by atoms with E-state index in [1.807, 2.05) is 24.4 Å². The van der Waals surface area contributed by atoms with E-state index in [9.17, 15) is 10.2 Å². The van der Waals surface area contributed by atoms with E-state index < -0.39 is 0 Å². The molecule has 3 rings (SSSR count). The Balaban J connectivity index is 2.02. The summed E-state index contributed by atoms with van der Waals surface area (Å²) in [5, 5.41) is 19.0. The highest BCUT2D eigenvalue weighted by Gasteiger charge is 2.15. The molecule has 0 fully saturated rings. The minimum atomic E-state index is -0.104. The number of hydrogen-bond donors (Lipinski definition) is 2. The van der Waals surface area contributed by atoms with Gasteiger partial charge in [0.25, 0.3) is 0 Å². The predicted molar refractivity (Wildman–Crippen MR) is 86.9 cm³/mol. The highest BCUT2D eigenvalue weighted by Crippen LogP contribution is 2.25. The van der Waals surface area contributed by atoms with Crippen molar-refractivity contribution in [3.8, 4) is 5.75 Å². The molecule has 1 aliphatic rings. The van der Waals surface area contributed by atoms with Crippen molar-refractivity contribution in [2.45, 2.75) is 19.4 Å². The number of phenols is 1. The summed E-state index contributed by atoms with van der Waals surface area (Å²) in [7, 11) is 0. The van der Waals surface area contributed by atoms with E-state index in [-0.39, 0.29) is 12.4 Å². The molecule has 1 aromatic heterocycles. The van der Waals surface area contributed by atoms with Crippen LogP contribution in [0, 0.1) is 0 Å². The maximum absolute atomic E-state index is 9.54. The Morgan fingerprint density at radius 1 is 1.23 bits per heavy atom. The first-order valence-electron chi connectivity index (χ1n) is 7.36. The maximum Gasteiger partial charge on any atom is 0.115 e. The van der Waals surface area contributed by atoms with Crippen LogP contribution in [0.2, 0.25) is 0 Å². The van der Waals surface area contributed by atoms with E-state index in [1.165, 1.54) is 0 Å². The number of aromatic hydroxyl groups is 1. The van der Waals surface area contributed by atoms with Gasteiger partial charge in [0.2, 0.25) is 0 Å². The summed E-state index contributed by atoms with van der Waals surface area (Å²) in [6, 6.07) is 8.97. The molecule has 22 heavy (non-hydrogen) atoms. The summed E-state index contributed by atoms with van der Waals surface area (Å²) >= 11 is 0. The van der Waals surface area contributed by atoms with E-state index in [4.69, 9.17) is 0 Å². The maximum atomic E-state index is 9.54. The van der Waals surface area contributed by atoms with Crippen molar-refractivity contribution in [1.82, 2.24) is 4.98 Å². The van der Waals surface area contributed by atoms with Crippen molar-refractivity contribution in [2.75, 3.05) is 6.54 Å². The molecule has 4 heteroatoms. The minimum absolute atomic E-state index is 0.104. The summed E-state index contributed by atoms with van der Waals surface area (Å²) in [6.07, 6.45) is 7.58. The van der Waals surface area contributed by atoms with Crippen LogP contribution in [0.1, 0.15) is 29.5 Å². The third-order valence-electron chi connectivity index (χ3n) is 3.74. The number of aromatic nitrogens is 1. The highest BCUT2D eigenvalue weighted by atomic mass is 16.3. The average Bonchev–Trinajstić information content (AvgIpc) is 2.57. The summed E-state index contributed by atoms with van der Waals surface area (Å²) in [4.78, 5) is 8.81. The average molecular weight is 294 g/mol. The molecule has 1 aliphatic heterocycles. The van der Waals surface area contributed by atoms with Gasteiger partial charge in [-0.25, -0.2) is 0 Å². The molecule has 0 spiro atoms. The van der Waals surface area contributed by atoms with E-state index in [0.29, 0.717) is 5.56 Å². The fraction of sp³-hybridized carbons (Fsp3) is 0.222. The number of pyridine rings is 1. The number of rotatable bonds is 3. The molecule has 2 aromatic rings. The Labute approximate surface area is 129 Å². The molecule has 0 saturated heterocycles. The third-order valence-corrected chi connectivity index (χ3v) is 3.74. The lowest BCUT2D eigenvalue weighted by molar-refractivity contribution is 0.281. The van der Waals surface area contributed by atoms with Crippen molar-refractivity contribution >= 4 is 11.8 Å². The van der Waals surface area contributed by atoms with Gasteiger partial charge in [-0.1, -0.05) is 6.07 Å². The second-order valence-corrected chi connectivity index (χ2v) is 5.29. The van der Waals surface area contributed by atoms with Crippen LogP contribution in [0.15, 0.2) is 53.3 Å². The van der Waals surface area contributed by atoms with Crippen molar-refractivity contribution < 1.29 is 10.2 Å². The van der Waals surface area contributed by atoms with Crippen molar-refractivity contribution in [1.29, 1.82) is 0 Å². The normalized spacial score (nSPS) is 16.6. The SMILES string of the molecule is OCc1cc(O)ccc1/C=C1\CCCN=C1c1cccnc1. The molecular weight excluding hydrogens is 276 g/mol. The van der Waals surface area contributed by atoms with Crippen LogP contribution >= 0.6 is 0 Å². The van der Waals surface area contributed by atoms with Gasteiger partial charge in [-0.05, 0) is 59.9 Å². The molecule has 0 atom stereocenters. The Hall–Kier alpha value is -2.46. The van der Waals surface area contributed by atoms with E-state index in [2.05, 4.69) is 16.1 Å². The smallest absolute Gasteiger partial charge is 0.115 e.